The van der Waals surface area contributed by atoms with Crippen molar-refractivity contribution in [1.29, 1.82) is 0 Å². The molecule has 3 heteroatoms. The molecule has 2 rings (SSSR count). The van der Waals surface area contributed by atoms with E-state index in [0.717, 1.165) is 17.8 Å². The van der Waals surface area contributed by atoms with E-state index in [1.54, 1.807) is 11.3 Å². The first-order valence-electron chi connectivity index (χ1n) is 5.42. The van der Waals surface area contributed by atoms with Gasteiger partial charge in [-0.25, -0.2) is 4.98 Å². The maximum absolute atomic E-state index is 9.92. The largest absolute Gasteiger partial charge is 0.393 e. The minimum absolute atomic E-state index is 0.0959. The van der Waals surface area contributed by atoms with E-state index in [9.17, 15) is 5.11 Å². The Bertz CT molecular complexity index is 254. The van der Waals surface area contributed by atoms with E-state index in [-0.39, 0.29) is 6.10 Å². The Morgan fingerprint density at radius 2 is 2.29 bits per heavy atom. The van der Waals surface area contributed by atoms with E-state index >= 15 is 0 Å². The number of hydrogen-bond acceptors (Lipinski definition) is 3. The summed E-state index contributed by atoms with van der Waals surface area (Å²) in [5, 5.41) is 13.1. The van der Waals surface area contributed by atoms with Crippen LogP contribution in [0.1, 0.15) is 37.1 Å². The molecule has 1 N–H and O–H groups in total. The van der Waals surface area contributed by atoms with Crippen molar-refractivity contribution in [2.45, 2.75) is 44.6 Å². The van der Waals surface area contributed by atoms with Crippen LogP contribution in [0.25, 0.3) is 0 Å². The van der Waals surface area contributed by atoms with Gasteiger partial charge >= 0.3 is 0 Å². The molecule has 1 aliphatic rings. The molecule has 0 spiro atoms. The van der Waals surface area contributed by atoms with Crippen molar-refractivity contribution in [3.8, 4) is 0 Å². The summed E-state index contributed by atoms with van der Waals surface area (Å²) in [6.45, 7) is 0. The molecule has 0 radical (unpaired) electrons. The van der Waals surface area contributed by atoms with Crippen LogP contribution in [0.15, 0.2) is 11.6 Å². The Balaban J connectivity index is 1.74. The van der Waals surface area contributed by atoms with Crippen LogP contribution in [0, 0.1) is 5.92 Å². The quantitative estimate of drug-likeness (QED) is 0.830. The van der Waals surface area contributed by atoms with Crippen molar-refractivity contribution in [3.63, 3.8) is 0 Å². The number of aromatic nitrogens is 1. The van der Waals surface area contributed by atoms with Crippen LogP contribution < -0.4 is 0 Å². The summed E-state index contributed by atoms with van der Waals surface area (Å²) < 4.78 is 0. The summed E-state index contributed by atoms with van der Waals surface area (Å²) in [4.78, 5) is 4.22. The molecule has 0 aromatic carbocycles. The number of hydrogen-bond donors (Lipinski definition) is 1. The molecule has 1 saturated carbocycles. The first kappa shape index (κ1) is 10.1. The summed E-state index contributed by atoms with van der Waals surface area (Å²) in [7, 11) is 0. The van der Waals surface area contributed by atoms with Gasteiger partial charge < -0.3 is 5.11 Å². The monoisotopic (exact) mass is 211 g/mol. The molecule has 1 fully saturated rings. The first-order chi connectivity index (χ1) is 6.86. The van der Waals surface area contributed by atoms with Crippen molar-refractivity contribution < 1.29 is 5.11 Å². The summed E-state index contributed by atoms with van der Waals surface area (Å²) in [5.41, 5.74) is 0. The highest BCUT2D eigenvalue weighted by Gasteiger charge is 2.22. The lowest BCUT2D eigenvalue weighted by molar-refractivity contribution is 0.102. The zero-order chi connectivity index (χ0) is 9.80. The molecular formula is C11H17NOS. The Hall–Kier alpha value is -0.410. The van der Waals surface area contributed by atoms with Gasteiger partial charge in [-0.05, 0) is 25.2 Å². The molecule has 1 aromatic rings. The standard InChI is InChI=1S/C11H17NOS/c13-10(9-3-1-2-4-9)5-6-11-12-7-8-14-11/h7-10,13H,1-6H2. The van der Waals surface area contributed by atoms with E-state index in [1.165, 1.54) is 25.7 Å². The molecule has 14 heavy (non-hydrogen) atoms. The molecule has 2 nitrogen and oxygen atoms in total. The van der Waals surface area contributed by atoms with E-state index in [2.05, 4.69) is 4.98 Å². The minimum atomic E-state index is -0.0959. The van der Waals surface area contributed by atoms with E-state index < -0.39 is 0 Å². The molecule has 1 aromatic heterocycles. The van der Waals surface area contributed by atoms with Crippen LogP contribution in [0.5, 0.6) is 0 Å². The second-order valence-corrected chi connectivity index (χ2v) is 5.06. The van der Waals surface area contributed by atoms with Gasteiger partial charge in [0.05, 0.1) is 11.1 Å². The predicted octanol–water partition coefficient (Wildman–Crippen LogP) is 2.63. The zero-order valence-electron chi connectivity index (χ0n) is 8.35. The van der Waals surface area contributed by atoms with E-state index in [0.29, 0.717) is 5.92 Å². The fourth-order valence-electron chi connectivity index (χ4n) is 2.23. The van der Waals surface area contributed by atoms with Crippen molar-refractivity contribution >= 4 is 11.3 Å². The Morgan fingerprint density at radius 1 is 1.50 bits per heavy atom. The smallest absolute Gasteiger partial charge is 0.0925 e. The molecule has 0 amide bonds. The highest BCUT2D eigenvalue weighted by molar-refractivity contribution is 7.09. The highest BCUT2D eigenvalue weighted by Crippen LogP contribution is 2.29. The van der Waals surface area contributed by atoms with Gasteiger partial charge in [0, 0.05) is 18.0 Å². The molecule has 0 aliphatic heterocycles. The van der Waals surface area contributed by atoms with Crippen molar-refractivity contribution in [1.82, 2.24) is 4.98 Å². The number of aliphatic hydroxyl groups excluding tert-OH is 1. The van der Waals surface area contributed by atoms with Crippen molar-refractivity contribution in [2.75, 3.05) is 0 Å². The van der Waals surface area contributed by atoms with Crippen LogP contribution in [-0.2, 0) is 6.42 Å². The Kier molecular flexibility index (Phi) is 3.54. The third-order valence-electron chi connectivity index (χ3n) is 3.08. The maximum Gasteiger partial charge on any atom is 0.0925 e. The van der Waals surface area contributed by atoms with Crippen LogP contribution in [0.4, 0.5) is 0 Å². The average molecular weight is 211 g/mol. The molecule has 0 bridgehead atoms. The van der Waals surface area contributed by atoms with Gasteiger partial charge in [-0.15, -0.1) is 11.3 Å². The Labute approximate surface area is 89.0 Å². The van der Waals surface area contributed by atoms with Crippen LogP contribution in [0.3, 0.4) is 0 Å². The van der Waals surface area contributed by atoms with E-state index in [4.69, 9.17) is 0 Å². The fourth-order valence-corrected chi connectivity index (χ4v) is 2.86. The summed E-state index contributed by atoms with van der Waals surface area (Å²) in [5.74, 6) is 0.565. The normalized spacial score (nSPS) is 20.1. The van der Waals surface area contributed by atoms with Crippen LogP contribution >= 0.6 is 11.3 Å². The number of aryl methyl sites for hydroxylation is 1. The lowest BCUT2D eigenvalue weighted by Gasteiger charge is -2.16. The third-order valence-corrected chi connectivity index (χ3v) is 3.92. The van der Waals surface area contributed by atoms with E-state index in [1.807, 2.05) is 11.6 Å². The molecule has 0 saturated heterocycles. The van der Waals surface area contributed by atoms with Gasteiger partial charge in [0.25, 0.3) is 0 Å². The number of thiazole rings is 1. The number of rotatable bonds is 4. The summed E-state index contributed by atoms with van der Waals surface area (Å²) >= 11 is 1.69. The Morgan fingerprint density at radius 3 is 2.93 bits per heavy atom. The van der Waals surface area contributed by atoms with Crippen molar-refractivity contribution in [2.24, 2.45) is 5.92 Å². The second-order valence-electron chi connectivity index (χ2n) is 4.08. The fraction of sp³-hybridized carbons (Fsp3) is 0.727. The second kappa shape index (κ2) is 4.89. The summed E-state index contributed by atoms with van der Waals surface area (Å²) in [6.07, 6.45) is 8.62. The van der Waals surface area contributed by atoms with Gasteiger partial charge in [-0.2, -0.15) is 0 Å². The van der Waals surface area contributed by atoms with Crippen LogP contribution in [-0.4, -0.2) is 16.2 Å². The first-order valence-corrected chi connectivity index (χ1v) is 6.30. The molecule has 78 valence electrons. The molecule has 1 atom stereocenters. The van der Waals surface area contributed by atoms with Gasteiger partial charge in [0.1, 0.15) is 0 Å². The minimum Gasteiger partial charge on any atom is -0.393 e. The predicted molar refractivity (Wildman–Crippen MR) is 58.4 cm³/mol. The van der Waals surface area contributed by atoms with Gasteiger partial charge in [-0.1, -0.05) is 12.8 Å². The lowest BCUT2D eigenvalue weighted by atomic mass is 9.97. The molecular weight excluding hydrogens is 194 g/mol. The average Bonchev–Trinajstić information content (AvgIpc) is 2.87. The zero-order valence-corrected chi connectivity index (χ0v) is 9.17. The SMILES string of the molecule is OC(CCc1nccs1)C1CCCC1. The summed E-state index contributed by atoms with van der Waals surface area (Å²) in [6, 6.07) is 0. The highest BCUT2D eigenvalue weighted by atomic mass is 32.1. The van der Waals surface area contributed by atoms with Gasteiger partial charge in [0.15, 0.2) is 0 Å². The number of nitrogens with zero attached hydrogens (tertiary/aromatic N) is 1. The topological polar surface area (TPSA) is 33.1 Å². The molecule has 1 unspecified atom stereocenters. The molecule has 1 aliphatic carbocycles. The number of aliphatic hydroxyl groups is 1. The van der Waals surface area contributed by atoms with Gasteiger partial charge in [0.2, 0.25) is 0 Å². The van der Waals surface area contributed by atoms with Crippen LogP contribution in [0.2, 0.25) is 0 Å². The van der Waals surface area contributed by atoms with Crippen molar-refractivity contribution in [3.05, 3.63) is 16.6 Å². The third kappa shape index (κ3) is 2.55. The lowest BCUT2D eigenvalue weighted by Crippen LogP contribution is -2.18. The maximum atomic E-state index is 9.92. The van der Waals surface area contributed by atoms with Gasteiger partial charge in [-0.3, -0.25) is 0 Å². The molecule has 1 heterocycles.